The molecule has 94 valence electrons. The van der Waals surface area contributed by atoms with Crippen molar-refractivity contribution < 1.29 is 4.42 Å². The number of benzene rings is 1. The summed E-state index contributed by atoms with van der Waals surface area (Å²) in [5.41, 5.74) is 1.09. The van der Waals surface area contributed by atoms with E-state index in [9.17, 15) is 0 Å². The van der Waals surface area contributed by atoms with Crippen molar-refractivity contribution >= 4 is 22.6 Å². The molecule has 0 aliphatic heterocycles. The van der Waals surface area contributed by atoms with Gasteiger partial charge in [0.2, 0.25) is 0 Å². The second-order valence-corrected chi connectivity index (χ2v) is 5.85. The molecular formula is C14H15IN2O. The number of oxazole rings is 1. The van der Waals surface area contributed by atoms with Crippen LogP contribution in [-0.2, 0) is 6.42 Å². The normalized spacial score (nSPS) is 14.9. The van der Waals surface area contributed by atoms with Gasteiger partial charge in [0.15, 0.2) is 11.7 Å². The van der Waals surface area contributed by atoms with E-state index >= 15 is 0 Å². The van der Waals surface area contributed by atoms with Crippen LogP contribution in [0.15, 0.2) is 34.9 Å². The van der Waals surface area contributed by atoms with Gasteiger partial charge < -0.3 is 9.73 Å². The molecule has 3 nitrogen and oxygen atoms in total. The Hall–Kier alpha value is -0.880. The lowest BCUT2D eigenvalue weighted by atomic mass is 10.2. The van der Waals surface area contributed by atoms with E-state index in [1.165, 1.54) is 16.4 Å². The minimum Gasteiger partial charge on any atom is -0.441 e. The molecule has 0 saturated heterocycles. The molecule has 1 aliphatic rings. The van der Waals surface area contributed by atoms with E-state index in [0.717, 1.165) is 36.2 Å². The summed E-state index contributed by atoms with van der Waals surface area (Å²) in [6.07, 6.45) is 5.31. The predicted octanol–water partition coefficient (Wildman–Crippen LogP) is 3.24. The summed E-state index contributed by atoms with van der Waals surface area (Å²) in [5.74, 6) is 1.67. The highest BCUT2D eigenvalue weighted by Gasteiger charge is 2.20. The van der Waals surface area contributed by atoms with Crippen molar-refractivity contribution in [1.82, 2.24) is 10.3 Å². The van der Waals surface area contributed by atoms with Gasteiger partial charge in [-0.2, -0.15) is 0 Å². The fourth-order valence-electron chi connectivity index (χ4n) is 1.84. The molecule has 0 spiro atoms. The average molecular weight is 354 g/mol. The lowest BCUT2D eigenvalue weighted by molar-refractivity contribution is 0.494. The van der Waals surface area contributed by atoms with Crippen LogP contribution in [0.5, 0.6) is 0 Å². The van der Waals surface area contributed by atoms with Gasteiger partial charge >= 0.3 is 0 Å². The molecule has 3 rings (SSSR count). The van der Waals surface area contributed by atoms with Crippen molar-refractivity contribution in [3.8, 4) is 11.3 Å². The summed E-state index contributed by atoms with van der Waals surface area (Å²) in [4.78, 5) is 4.32. The molecule has 0 atom stereocenters. The highest BCUT2D eigenvalue weighted by atomic mass is 127. The topological polar surface area (TPSA) is 38.1 Å². The molecule has 1 N–H and O–H groups in total. The Bertz CT molecular complexity index is 517. The van der Waals surface area contributed by atoms with Crippen molar-refractivity contribution in [3.05, 3.63) is 39.9 Å². The zero-order valence-electron chi connectivity index (χ0n) is 10.0. The Morgan fingerprint density at radius 1 is 1.28 bits per heavy atom. The zero-order chi connectivity index (χ0) is 12.4. The first-order chi connectivity index (χ1) is 8.81. The first-order valence-electron chi connectivity index (χ1n) is 6.25. The Morgan fingerprint density at radius 2 is 2.06 bits per heavy atom. The van der Waals surface area contributed by atoms with Crippen LogP contribution in [0, 0.1) is 3.57 Å². The zero-order valence-corrected chi connectivity index (χ0v) is 12.2. The van der Waals surface area contributed by atoms with Crippen LogP contribution in [0.25, 0.3) is 11.3 Å². The van der Waals surface area contributed by atoms with Crippen LogP contribution in [-0.4, -0.2) is 17.6 Å². The number of nitrogens with zero attached hydrogens (tertiary/aromatic N) is 1. The van der Waals surface area contributed by atoms with Gasteiger partial charge in [-0.05, 0) is 47.6 Å². The molecule has 4 heteroatoms. The summed E-state index contributed by atoms with van der Waals surface area (Å²) in [6.45, 7) is 0.956. The van der Waals surface area contributed by atoms with Crippen molar-refractivity contribution in [2.75, 3.05) is 6.54 Å². The molecule has 1 saturated carbocycles. The van der Waals surface area contributed by atoms with Crippen LogP contribution < -0.4 is 5.32 Å². The third kappa shape index (κ3) is 3.11. The van der Waals surface area contributed by atoms with Gasteiger partial charge in [0.25, 0.3) is 0 Å². The van der Waals surface area contributed by atoms with Crippen LogP contribution in [0.2, 0.25) is 0 Å². The van der Waals surface area contributed by atoms with Crippen LogP contribution in [0.1, 0.15) is 18.7 Å². The van der Waals surface area contributed by atoms with Crippen molar-refractivity contribution in [3.63, 3.8) is 0 Å². The van der Waals surface area contributed by atoms with Gasteiger partial charge in [0.1, 0.15) is 0 Å². The maximum atomic E-state index is 5.76. The van der Waals surface area contributed by atoms with Gasteiger partial charge in [0.05, 0.1) is 6.20 Å². The number of aromatic nitrogens is 1. The molecule has 1 heterocycles. The van der Waals surface area contributed by atoms with E-state index in [1.807, 2.05) is 6.20 Å². The quantitative estimate of drug-likeness (QED) is 0.838. The maximum Gasteiger partial charge on any atom is 0.196 e. The Morgan fingerprint density at radius 3 is 2.78 bits per heavy atom. The first-order valence-corrected chi connectivity index (χ1v) is 7.33. The molecule has 0 bridgehead atoms. The van der Waals surface area contributed by atoms with E-state index < -0.39 is 0 Å². The van der Waals surface area contributed by atoms with Gasteiger partial charge in [-0.25, -0.2) is 4.98 Å². The molecule has 0 radical (unpaired) electrons. The fraction of sp³-hybridized carbons (Fsp3) is 0.357. The molecule has 1 aliphatic carbocycles. The SMILES string of the molecule is Ic1ccc(-c2cnc(CCNC3CC3)o2)cc1. The van der Waals surface area contributed by atoms with Gasteiger partial charge in [-0.15, -0.1) is 0 Å². The molecule has 0 amide bonds. The first kappa shape index (κ1) is 12.2. The summed E-state index contributed by atoms with van der Waals surface area (Å²) in [6, 6.07) is 9.03. The van der Waals surface area contributed by atoms with Crippen molar-refractivity contribution in [2.24, 2.45) is 0 Å². The lowest BCUT2D eigenvalue weighted by Crippen LogP contribution is -2.19. The fourth-order valence-corrected chi connectivity index (χ4v) is 2.20. The lowest BCUT2D eigenvalue weighted by Gasteiger charge is -1.99. The summed E-state index contributed by atoms with van der Waals surface area (Å²) >= 11 is 2.30. The number of rotatable bonds is 5. The maximum absolute atomic E-state index is 5.76. The number of hydrogen-bond acceptors (Lipinski definition) is 3. The molecule has 1 aromatic heterocycles. The number of halogens is 1. The standard InChI is InChI=1S/C14H15IN2O/c15-11-3-1-10(2-4-11)13-9-17-14(18-13)7-8-16-12-5-6-12/h1-4,9,12,16H,5-8H2. The molecule has 0 unspecified atom stereocenters. The molecular weight excluding hydrogens is 339 g/mol. The number of nitrogens with one attached hydrogen (secondary N) is 1. The van der Waals surface area contributed by atoms with Crippen molar-refractivity contribution in [1.29, 1.82) is 0 Å². The minimum atomic E-state index is 0.746. The molecule has 2 aromatic rings. The Labute approximate surface area is 120 Å². The Kier molecular flexibility index (Phi) is 3.65. The molecule has 1 fully saturated rings. The second kappa shape index (κ2) is 5.40. The molecule has 1 aromatic carbocycles. The van der Waals surface area contributed by atoms with Crippen molar-refractivity contribution in [2.45, 2.75) is 25.3 Å². The summed E-state index contributed by atoms with van der Waals surface area (Å²) < 4.78 is 6.98. The van der Waals surface area contributed by atoms with E-state index in [4.69, 9.17) is 4.42 Å². The van der Waals surface area contributed by atoms with E-state index in [1.54, 1.807) is 0 Å². The van der Waals surface area contributed by atoms with Gasteiger partial charge in [-0.3, -0.25) is 0 Å². The van der Waals surface area contributed by atoms with Gasteiger partial charge in [-0.1, -0.05) is 12.1 Å². The predicted molar refractivity (Wildman–Crippen MR) is 79.4 cm³/mol. The Balaban J connectivity index is 1.62. The summed E-state index contributed by atoms with van der Waals surface area (Å²) in [7, 11) is 0. The highest BCUT2D eigenvalue weighted by Crippen LogP contribution is 2.22. The van der Waals surface area contributed by atoms with E-state index in [0.29, 0.717) is 0 Å². The van der Waals surface area contributed by atoms with E-state index in [2.05, 4.69) is 57.2 Å². The third-order valence-electron chi connectivity index (χ3n) is 3.03. The van der Waals surface area contributed by atoms with Crippen LogP contribution >= 0.6 is 22.6 Å². The van der Waals surface area contributed by atoms with Crippen LogP contribution in [0.3, 0.4) is 0 Å². The monoisotopic (exact) mass is 354 g/mol. The number of hydrogen-bond donors (Lipinski definition) is 1. The highest BCUT2D eigenvalue weighted by molar-refractivity contribution is 14.1. The smallest absolute Gasteiger partial charge is 0.196 e. The third-order valence-corrected chi connectivity index (χ3v) is 3.75. The average Bonchev–Trinajstić information content (AvgIpc) is 3.08. The van der Waals surface area contributed by atoms with Crippen LogP contribution in [0.4, 0.5) is 0 Å². The molecule has 18 heavy (non-hydrogen) atoms. The van der Waals surface area contributed by atoms with Gasteiger partial charge in [0, 0.05) is 28.1 Å². The summed E-state index contributed by atoms with van der Waals surface area (Å²) in [5, 5.41) is 3.46. The minimum absolute atomic E-state index is 0.746. The van der Waals surface area contributed by atoms with E-state index in [-0.39, 0.29) is 0 Å². The largest absolute Gasteiger partial charge is 0.441 e. The second-order valence-electron chi connectivity index (χ2n) is 4.60.